The first kappa shape index (κ1) is 22.8. The Labute approximate surface area is 195 Å². The number of hydrogen-bond donors (Lipinski definition) is 1. The highest BCUT2D eigenvalue weighted by Crippen LogP contribution is 2.30. The smallest absolute Gasteiger partial charge is 0.237 e. The number of carbonyl (C=O) groups is 1. The molecule has 1 saturated heterocycles. The third-order valence-corrected chi connectivity index (χ3v) is 6.90. The summed E-state index contributed by atoms with van der Waals surface area (Å²) in [6.45, 7) is 4.99. The minimum Gasteiger partial charge on any atom is -0.376 e. The van der Waals surface area contributed by atoms with Gasteiger partial charge in [0.15, 0.2) is 11.0 Å². The largest absolute Gasteiger partial charge is 0.376 e. The molecule has 32 heavy (non-hydrogen) atoms. The van der Waals surface area contributed by atoms with E-state index in [9.17, 15) is 9.18 Å². The molecule has 0 radical (unpaired) electrons. The lowest BCUT2D eigenvalue weighted by atomic mass is 10.2. The summed E-state index contributed by atoms with van der Waals surface area (Å²) in [5.41, 5.74) is 2.26. The molecule has 1 amide bonds. The van der Waals surface area contributed by atoms with E-state index in [0.717, 1.165) is 30.6 Å². The van der Waals surface area contributed by atoms with Crippen LogP contribution in [0.5, 0.6) is 0 Å². The van der Waals surface area contributed by atoms with Crippen LogP contribution in [0.25, 0.3) is 11.4 Å². The van der Waals surface area contributed by atoms with E-state index >= 15 is 0 Å². The number of amides is 1. The van der Waals surface area contributed by atoms with Crippen molar-refractivity contribution in [2.45, 2.75) is 49.7 Å². The minimum atomic E-state index is -0.429. The normalized spacial score (nSPS) is 16.8. The van der Waals surface area contributed by atoms with Crippen molar-refractivity contribution in [3.63, 3.8) is 0 Å². The Morgan fingerprint density at radius 1 is 1.31 bits per heavy atom. The third kappa shape index (κ3) is 5.14. The summed E-state index contributed by atoms with van der Waals surface area (Å²) >= 11 is 7.49. The van der Waals surface area contributed by atoms with Crippen molar-refractivity contribution in [3.8, 4) is 11.4 Å². The summed E-state index contributed by atoms with van der Waals surface area (Å²) in [5.74, 6) is 0.159. The van der Waals surface area contributed by atoms with Crippen molar-refractivity contribution in [2.24, 2.45) is 0 Å². The average Bonchev–Trinajstić information content (AvgIpc) is 3.43. The molecule has 0 aliphatic carbocycles. The number of anilines is 1. The number of halogens is 2. The number of nitrogens with one attached hydrogen (secondary N) is 1. The van der Waals surface area contributed by atoms with Crippen LogP contribution in [0.3, 0.4) is 0 Å². The molecule has 1 aliphatic heterocycles. The highest BCUT2D eigenvalue weighted by atomic mass is 35.5. The molecule has 1 N–H and O–H groups in total. The molecule has 0 saturated carbocycles. The first-order valence-electron chi connectivity index (χ1n) is 10.5. The summed E-state index contributed by atoms with van der Waals surface area (Å²) in [6, 6.07) is 11.6. The third-order valence-electron chi connectivity index (χ3n) is 5.41. The van der Waals surface area contributed by atoms with Gasteiger partial charge in [-0.3, -0.25) is 9.36 Å². The number of thioether (sulfide) groups is 1. The van der Waals surface area contributed by atoms with E-state index in [0.29, 0.717) is 28.2 Å². The molecule has 6 nitrogen and oxygen atoms in total. The van der Waals surface area contributed by atoms with Crippen molar-refractivity contribution in [1.82, 2.24) is 14.8 Å². The highest BCUT2D eigenvalue weighted by molar-refractivity contribution is 8.00. The maximum atomic E-state index is 13.4. The first-order valence-corrected chi connectivity index (χ1v) is 11.7. The second-order valence-corrected chi connectivity index (χ2v) is 9.44. The lowest BCUT2D eigenvalue weighted by Gasteiger charge is -2.17. The van der Waals surface area contributed by atoms with Crippen molar-refractivity contribution in [3.05, 3.63) is 58.9 Å². The van der Waals surface area contributed by atoms with E-state index in [-0.39, 0.29) is 17.8 Å². The van der Waals surface area contributed by atoms with Crippen molar-refractivity contribution in [1.29, 1.82) is 0 Å². The average molecular weight is 475 g/mol. The Balaban J connectivity index is 1.55. The van der Waals surface area contributed by atoms with Gasteiger partial charge in [-0.05, 0) is 68.7 Å². The van der Waals surface area contributed by atoms with E-state index in [1.54, 1.807) is 24.3 Å². The molecular weight excluding hydrogens is 451 g/mol. The standard InChI is InChI=1S/C23H24ClFN4O2S/c1-14-19(24)6-3-7-20(14)26-22(30)15(2)32-23-28-27-21(16-8-10-17(25)11-9-16)29(23)13-18-5-4-12-31-18/h3,6-11,15,18H,4-5,12-13H2,1-2H3,(H,26,30). The highest BCUT2D eigenvalue weighted by Gasteiger charge is 2.25. The maximum Gasteiger partial charge on any atom is 0.237 e. The van der Waals surface area contributed by atoms with Gasteiger partial charge in [-0.15, -0.1) is 10.2 Å². The molecule has 0 spiro atoms. The fourth-order valence-electron chi connectivity index (χ4n) is 3.53. The molecule has 168 valence electrons. The molecule has 2 atom stereocenters. The van der Waals surface area contributed by atoms with Gasteiger partial charge in [0.2, 0.25) is 5.91 Å². The number of hydrogen-bond acceptors (Lipinski definition) is 5. The van der Waals surface area contributed by atoms with Crippen LogP contribution in [0, 0.1) is 12.7 Å². The van der Waals surface area contributed by atoms with E-state index in [1.807, 2.05) is 24.5 Å². The number of benzene rings is 2. The van der Waals surface area contributed by atoms with Gasteiger partial charge in [-0.1, -0.05) is 29.4 Å². The summed E-state index contributed by atoms with van der Waals surface area (Å²) < 4.78 is 21.2. The van der Waals surface area contributed by atoms with E-state index in [1.165, 1.54) is 23.9 Å². The molecule has 2 heterocycles. The topological polar surface area (TPSA) is 69.0 Å². The zero-order chi connectivity index (χ0) is 22.7. The zero-order valence-electron chi connectivity index (χ0n) is 17.8. The maximum absolute atomic E-state index is 13.4. The van der Waals surface area contributed by atoms with Gasteiger partial charge >= 0.3 is 0 Å². The molecule has 0 bridgehead atoms. The molecule has 1 fully saturated rings. The first-order chi connectivity index (χ1) is 15.4. The van der Waals surface area contributed by atoms with E-state index in [4.69, 9.17) is 16.3 Å². The van der Waals surface area contributed by atoms with Gasteiger partial charge in [0.05, 0.1) is 17.9 Å². The second kappa shape index (κ2) is 10.0. The molecule has 3 aromatic rings. The SMILES string of the molecule is Cc1c(Cl)cccc1NC(=O)C(C)Sc1nnc(-c2ccc(F)cc2)n1CC1CCCO1. The van der Waals surface area contributed by atoms with Crippen LogP contribution < -0.4 is 5.32 Å². The van der Waals surface area contributed by atoms with Crippen LogP contribution in [0.15, 0.2) is 47.6 Å². The van der Waals surface area contributed by atoms with Crippen LogP contribution in [0.1, 0.15) is 25.3 Å². The lowest BCUT2D eigenvalue weighted by molar-refractivity contribution is -0.115. The Kier molecular flexibility index (Phi) is 7.13. The second-order valence-electron chi connectivity index (χ2n) is 7.72. The fourth-order valence-corrected chi connectivity index (χ4v) is 4.57. The van der Waals surface area contributed by atoms with E-state index < -0.39 is 5.25 Å². The summed E-state index contributed by atoms with van der Waals surface area (Å²) in [4.78, 5) is 12.9. The fraction of sp³-hybridized carbons (Fsp3) is 0.348. The van der Waals surface area contributed by atoms with Gasteiger partial charge in [-0.25, -0.2) is 4.39 Å². The number of nitrogens with zero attached hydrogens (tertiary/aromatic N) is 3. The van der Waals surface area contributed by atoms with Crippen LogP contribution in [0.2, 0.25) is 5.02 Å². The Morgan fingerprint density at radius 2 is 2.09 bits per heavy atom. The van der Waals surface area contributed by atoms with Gasteiger partial charge in [-0.2, -0.15) is 0 Å². The monoisotopic (exact) mass is 474 g/mol. The van der Waals surface area contributed by atoms with Crippen molar-refractivity contribution in [2.75, 3.05) is 11.9 Å². The minimum absolute atomic E-state index is 0.0581. The Morgan fingerprint density at radius 3 is 2.81 bits per heavy atom. The summed E-state index contributed by atoms with van der Waals surface area (Å²) in [7, 11) is 0. The predicted molar refractivity (Wildman–Crippen MR) is 125 cm³/mol. The number of carbonyl (C=O) groups excluding carboxylic acids is 1. The number of ether oxygens (including phenoxy) is 1. The van der Waals surface area contributed by atoms with Crippen LogP contribution in [0.4, 0.5) is 10.1 Å². The van der Waals surface area contributed by atoms with Gasteiger partial charge in [0, 0.05) is 22.9 Å². The number of aromatic nitrogens is 3. The van der Waals surface area contributed by atoms with Crippen LogP contribution >= 0.6 is 23.4 Å². The van der Waals surface area contributed by atoms with Gasteiger partial charge < -0.3 is 10.1 Å². The summed E-state index contributed by atoms with van der Waals surface area (Å²) in [6.07, 6.45) is 2.02. The van der Waals surface area contributed by atoms with Crippen molar-refractivity contribution >= 4 is 35.0 Å². The molecule has 2 unspecified atom stereocenters. The summed E-state index contributed by atoms with van der Waals surface area (Å²) in [5, 5.41) is 12.4. The Hall–Kier alpha value is -2.42. The molecule has 1 aromatic heterocycles. The Bertz CT molecular complexity index is 1100. The molecular formula is C23H24ClFN4O2S. The molecule has 9 heteroatoms. The van der Waals surface area contributed by atoms with Gasteiger partial charge in [0.25, 0.3) is 0 Å². The molecule has 4 rings (SSSR count). The van der Waals surface area contributed by atoms with E-state index in [2.05, 4.69) is 15.5 Å². The predicted octanol–water partition coefficient (Wildman–Crippen LogP) is 5.34. The zero-order valence-corrected chi connectivity index (χ0v) is 19.4. The number of rotatable bonds is 7. The quantitative estimate of drug-likeness (QED) is 0.468. The van der Waals surface area contributed by atoms with Crippen LogP contribution in [-0.4, -0.2) is 38.6 Å². The molecule has 2 aromatic carbocycles. The molecule has 1 aliphatic rings. The van der Waals surface area contributed by atoms with Crippen LogP contribution in [-0.2, 0) is 16.1 Å². The lowest BCUT2D eigenvalue weighted by Crippen LogP contribution is -2.24. The van der Waals surface area contributed by atoms with Gasteiger partial charge in [0.1, 0.15) is 5.82 Å². The van der Waals surface area contributed by atoms with Crippen molar-refractivity contribution < 1.29 is 13.9 Å².